The fraction of sp³-hybridized carbons (Fsp3) is 0.0500. The predicted molar refractivity (Wildman–Crippen MR) is 96.8 cm³/mol. The maximum absolute atomic E-state index is 12.8. The molecule has 2 nitrogen and oxygen atoms in total. The number of rotatable bonds is 4. The van der Waals surface area contributed by atoms with Gasteiger partial charge in [-0.15, -0.1) is 0 Å². The number of benzene rings is 3. The molecule has 0 amide bonds. The molecule has 0 fully saturated rings. The van der Waals surface area contributed by atoms with Gasteiger partial charge in [-0.2, -0.15) is 0 Å². The van der Waals surface area contributed by atoms with Crippen LogP contribution in [0.5, 0.6) is 5.75 Å². The fourth-order valence-corrected chi connectivity index (χ4v) is 2.69. The van der Waals surface area contributed by atoms with Crippen LogP contribution in [-0.4, -0.2) is 5.97 Å². The van der Waals surface area contributed by atoms with Crippen LogP contribution in [0.4, 0.5) is 0 Å². The van der Waals surface area contributed by atoms with Crippen LogP contribution >= 0.6 is 23.2 Å². The second kappa shape index (κ2) is 7.52. The van der Waals surface area contributed by atoms with E-state index in [-0.39, 0.29) is 5.97 Å². The molecule has 0 aliphatic rings. The molecule has 0 aromatic heterocycles. The molecule has 0 bridgehead atoms. The second-order valence-corrected chi connectivity index (χ2v) is 6.14. The number of carbonyl (C=O) groups excluding carboxylic acids is 1. The Morgan fingerprint density at radius 2 is 1.17 bits per heavy atom. The highest BCUT2D eigenvalue weighted by Gasteiger charge is 2.25. The Morgan fingerprint density at radius 3 is 1.62 bits per heavy atom. The van der Waals surface area contributed by atoms with Gasteiger partial charge in [-0.05, 0) is 47.5 Å². The monoisotopic (exact) mass is 356 g/mol. The first-order valence-electron chi connectivity index (χ1n) is 7.41. The molecule has 0 N–H and O–H groups in total. The van der Waals surface area contributed by atoms with Crippen LogP contribution in [0.15, 0.2) is 78.9 Å². The van der Waals surface area contributed by atoms with Gasteiger partial charge < -0.3 is 4.74 Å². The highest BCUT2D eigenvalue weighted by molar-refractivity contribution is 6.30. The van der Waals surface area contributed by atoms with Gasteiger partial charge in [-0.3, -0.25) is 4.79 Å². The maximum Gasteiger partial charge on any atom is 0.323 e. The largest absolute Gasteiger partial charge is 0.426 e. The van der Waals surface area contributed by atoms with E-state index in [9.17, 15) is 4.79 Å². The van der Waals surface area contributed by atoms with Crippen LogP contribution in [0.2, 0.25) is 10.0 Å². The molecule has 0 saturated heterocycles. The second-order valence-electron chi connectivity index (χ2n) is 5.27. The summed E-state index contributed by atoms with van der Waals surface area (Å²) in [5.41, 5.74) is 1.62. The summed E-state index contributed by atoms with van der Waals surface area (Å²) in [5, 5.41) is 1.23. The van der Waals surface area contributed by atoms with Crippen LogP contribution in [0.1, 0.15) is 17.0 Å². The van der Waals surface area contributed by atoms with Crippen LogP contribution in [0, 0.1) is 0 Å². The Morgan fingerprint density at radius 1 is 0.708 bits per heavy atom. The molecule has 3 rings (SSSR count). The zero-order valence-electron chi connectivity index (χ0n) is 12.7. The lowest BCUT2D eigenvalue weighted by atomic mass is 9.91. The molecule has 0 atom stereocenters. The molecule has 0 spiro atoms. The van der Waals surface area contributed by atoms with Gasteiger partial charge in [0.2, 0.25) is 0 Å². The van der Waals surface area contributed by atoms with Gasteiger partial charge in [0.05, 0.1) is 0 Å². The number of halogens is 2. The fourth-order valence-electron chi connectivity index (χ4n) is 2.44. The molecule has 3 aromatic carbocycles. The van der Waals surface area contributed by atoms with Crippen molar-refractivity contribution in [2.75, 3.05) is 0 Å². The SMILES string of the molecule is O=C(Oc1ccccc1)C(c1ccc(Cl)cc1)c1ccc(Cl)cc1. The van der Waals surface area contributed by atoms with E-state index in [2.05, 4.69) is 0 Å². The van der Waals surface area contributed by atoms with E-state index in [1.165, 1.54) is 0 Å². The first-order chi connectivity index (χ1) is 11.6. The lowest BCUT2D eigenvalue weighted by molar-refractivity contribution is -0.135. The number of carbonyl (C=O) groups is 1. The lowest BCUT2D eigenvalue weighted by Gasteiger charge is -2.17. The minimum absolute atomic E-state index is 0.356. The molecule has 0 aliphatic carbocycles. The summed E-state index contributed by atoms with van der Waals surface area (Å²) in [7, 11) is 0. The summed E-state index contributed by atoms with van der Waals surface area (Å²) in [5.74, 6) is -0.402. The van der Waals surface area contributed by atoms with E-state index < -0.39 is 5.92 Å². The average molecular weight is 357 g/mol. The van der Waals surface area contributed by atoms with Gasteiger partial charge >= 0.3 is 5.97 Å². The van der Waals surface area contributed by atoms with Crippen LogP contribution in [0.25, 0.3) is 0 Å². The van der Waals surface area contributed by atoms with Crippen molar-refractivity contribution >= 4 is 29.2 Å². The molecule has 0 radical (unpaired) electrons. The summed E-state index contributed by atoms with van der Waals surface area (Å²) in [4.78, 5) is 12.8. The molecule has 0 saturated carbocycles. The summed E-state index contributed by atoms with van der Waals surface area (Å²) in [6.45, 7) is 0. The number of hydrogen-bond donors (Lipinski definition) is 0. The number of esters is 1. The zero-order chi connectivity index (χ0) is 16.9. The van der Waals surface area contributed by atoms with Crippen molar-refractivity contribution in [2.45, 2.75) is 5.92 Å². The van der Waals surface area contributed by atoms with Crippen molar-refractivity contribution in [3.05, 3.63) is 100 Å². The summed E-state index contributed by atoms with van der Waals surface area (Å²) >= 11 is 11.9. The molecule has 0 unspecified atom stereocenters. The zero-order valence-corrected chi connectivity index (χ0v) is 14.2. The topological polar surface area (TPSA) is 26.3 Å². The van der Waals surface area contributed by atoms with E-state index in [0.29, 0.717) is 15.8 Å². The highest BCUT2D eigenvalue weighted by Crippen LogP contribution is 2.29. The van der Waals surface area contributed by atoms with Crippen LogP contribution in [0.3, 0.4) is 0 Å². The van der Waals surface area contributed by atoms with Crippen molar-refractivity contribution in [1.29, 1.82) is 0 Å². The van der Waals surface area contributed by atoms with Crippen LogP contribution < -0.4 is 4.74 Å². The molecular formula is C20H14Cl2O2. The molecule has 120 valence electrons. The molecule has 0 heterocycles. The molecule has 3 aromatic rings. The van der Waals surface area contributed by atoms with Gasteiger partial charge in [0.1, 0.15) is 11.7 Å². The van der Waals surface area contributed by atoms with Gasteiger partial charge in [0.25, 0.3) is 0 Å². The minimum Gasteiger partial charge on any atom is -0.426 e. The predicted octanol–water partition coefficient (Wildman–Crippen LogP) is 5.73. The van der Waals surface area contributed by atoms with Crippen molar-refractivity contribution in [3.63, 3.8) is 0 Å². The van der Waals surface area contributed by atoms with Gasteiger partial charge in [0, 0.05) is 10.0 Å². The van der Waals surface area contributed by atoms with E-state index in [4.69, 9.17) is 27.9 Å². The highest BCUT2D eigenvalue weighted by atomic mass is 35.5. The van der Waals surface area contributed by atoms with E-state index in [0.717, 1.165) is 11.1 Å². The Hall–Kier alpha value is -2.29. The Balaban J connectivity index is 1.96. The van der Waals surface area contributed by atoms with E-state index in [1.807, 2.05) is 42.5 Å². The maximum atomic E-state index is 12.8. The minimum atomic E-state index is -0.556. The standard InChI is InChI=1S/C20H14Cl2O2/c21-16-10-6-14(7-11-16)19(15-8-12-17(22)13-9-15)20(23)24-18-4-2-1-3-5-18/h1-13,19H. The van der Waals surface area contributed by atoms with Gasteiger partial charge in [0.15, 0.2) is 0 Å². The Kier molecular flexibility index (Phi) is 5.19. The van der Waals surface area contributed by atoms with E-state index >= 15 is 0 Å². The quantitative estimate of drug-likeness (QED) is 0.440. The molecule has 24 heavy (non-hydrogen) atoms. The van der Waals surface area contributed by atoms with Crippen molar-refractivity contribution < 1.29 is 9.53 Å². The normalized spacial score (nSPS) is 10.6. The van der Waals surface area contributed by atoms with Crippen molar-refractivity contribution in [3.8, 4) is 5.75 Å². The molecule has 0 aliphatic heterocycles. The summed E-state index contributed by atoms with van der Waals surface area (Å²) in [6, 6.07) is 23.4. The molecular weight excluding hydrogens is 343 g/mol. The van der Waals surface area contributed by atoms with Crippen LogP contribution in [-0.2, 0) is 4.79 Å². The summed E-state index contributed by atoms with van der Waals surface area (Å²) < 4.78 is 5.54. The summed E-state index contributed by atoms with van der Waals surface area (Å²) in [6.07, 6.45) is 0. The number of hydrogen-bond acceptors (Lipinski definition) is 2. The first kappa shape index (κ1) is 16.6. The molecule has 4 heteroatoms. The lowest BCUT2D eigenvalue weighted by Crippen LogP contribution is -2.20. The third-order valence-corrected chi connectivity index (χ3v) is 4.11. The van der Waals surface area contributed by atoms with Gasteiger partial charge in [-0.25, -0.2) is 0 Å². The Labute approximate surface area is 150 Å². The average Bonchev–Trinajstić information content (AvgIpc) is 2.59. The number of ether oxygens (including phenoxy) is 1. The first-order valence-corrected chi connectivity index (χ1v) is 8.17. The third-order valence-electron chi connectivity index (χ3n) is 3.60. The van der Waals surface area contributed by atoms with Gasteiger partial charge in [-0.1, -0.05) is 65.7 Å². The Bertz CT molecular complexity index is 767. The smallest absolute Gasteiger partial charge is 0.323 e. The number of para-hydroxylation sites is 1. The third kappa shape index (κ3) is 3.97. The van der Waals surface area contributed by atoms with Crippen molar-refractivity contribution in [2.24, 2.45) is 0 Å². The van der Waals surface area contributed by atoms with Crippen molar-refractivity contribution in [1.82, 2.24) is 0 Å². The van der Waals surface area contributed by atoms with E-state index in [1.54, 1.807) is 36.4 Å².